The first-order chi connectivity index (χ1) is 9.65. The molecule has 0 radical (unpaired) electrons. The fraction of sp³-hybridized carbons (Fsp3) is 0.533. The molecule has 1 saturated heterocycles. The van der Waals surface area contributed by atoms with E-state index in [9.17, 15) is 9.59 Å². The van der Waals surface area contributed by atoms with E-state index in [2.05, 4.69) is 4.98 Å². The summed E-state index contributed by atoms with van der Waals surface area (Å²) in [5, 5.41) is 0. The van der Waals surface area contributed by atoms with E-state index in [-0.39, 0.29) is 11.7 Å². The largest absolute Gasteiger partial charge is 0.364 e. The summed E-state index contributed by atoms with van der Waals surface area (Å²) in [6.07, 6.45) is 3.18. The van der Waals surface area contributed by atoms with Crippen LogP contribution in [0.3, 0.4) is 0 Å². The van der Waals surface area contributed by atoms with Crippen LogP contribution in [0.4, 0.5) is 5.69 Å². The standard InChI is InChI=1S/C15H21N3O2/c1-3-17(4-2)15(20)14-10-12(7-8-16-14)18-9-5-6-13(19)11-18/h7-8,10H,3-6,9,11H2,1-2H3. The van der Waals surface area contributed by atoms with Crippen molar-refractivity contribution in [3.63, 3.8) is 0 Å². The Bertz CT molecular complexity index is 498. The van der Waals surface area contributed by atoms with Gasteiger partial charge in [0, 0.05) is 37.9 Å². The highest BCUT2D eigenvalue weighted by Crippen LogP contribution is 2.19. The van der Waals surface area contributed by atoms with E-state index in [4.69, 9.17) is 0 Å². The average Bonchev–Trinajstić information content (AvgIpc) is 2.48. The van der Waals surface area contributed by atoms with Gasteiger partial charge in [0.1, 0.15) is 5.69 Å². The smallest absolute Gasteiger partial charge is 0.272 e. The highest BCUT2D eigenvalue weighted by Gasteiger charge is 2.19. The van der Waals surface area contributed by atoms with Crippen molar-refractivity contribution in [2.24, 2.45) is 0 Å². The molecule has 5 heteroatoms. The van der Waals surface area contributed by atoms with Gasteiger partial charge >= 0.3 is 0 Å². The van der Waals surface area contributed by atoms with Gasteiger partial charge < -0.3 is 9.80 Å². The molecule has 1 aromatic rings. The summed E-state index contributed by atoms with van der Waals surface area (Å²) < 4.78 is 0. The van der Waals surface area contributed by atoms with E-state index in [0.717, 1.165) is 18.7 Å². The minimum Gasteiger partial charge on any atom is -0.364 e. The van der Waals surface area contributed by atoms with Crippen molar-refractivity contribution in [1.29, 1.82) is 0 Å². The number of piperidine rings is 1. The van der Waals surface area contributed by atoms with Crippen LogP contribution in [-0.2, 0) is 4.79 Å². The molecule has 0 aliphatic carbocycles. The SMILES string of the molecule is CCN(CC)C(=O)c1cc(N2CCCC(=O)C2)ccn1. The monoisotopic (exact) mass is 275 g/mol. The number of amides is 1. The number of Topliss-reactive ketones (excluding diaryl/α,β-unsaturated/α-hetero) is 1. The van der Waals surface area contributed by atoms with Gasteiger partial charge in [-0.3, -0.25) is 14.6 Å². The van der Waals surface area contributed by atoms with E-state index in [1.807, 2.05) is 24.8 Å². The quantitative estimate of drug-likeness (QED) is 0.840. The number of hydrogen-bond donors (Lipinski definition) is 0. The van der Waals surface area contributed by atoms with Gasteiger partial charge in [0.2, 0.25) is 0 Å². The van der Waals surface area contributed by atoms with Crippen LogP contribution in [0.5, 0.6) is 0 Å². The van der Waals surface area contributed by atoms with Gasteiger partial charge in [-0.1, -0.05) is 0 Å². The number of anilines is 1. The number of ketones is 1. The van der Waals surface area contributed by atoms with E-state index in [1.165, 1.54) is 0 Å². The molecule has 1 aliphatic rings. The molecule has 0 aromatic carbocycles. The van der Waals surface area contributed by atoms with Crippen molar-refractivity contribution in [3.05, 3.63) is 24.0 Å². The summed E-state index contributed by atoms with van der Waals surface area (Å²) in [6, 6.07) is 3.65. The molecule has 2 rings (SSSR count). The van der Waals surface area contributed by atoms with Crippen molar-refractivity contribution in [1.82, 2.24) is 9.88 Å². The molecule has 1 aromatic heterocycles. The van der Waals surface area contributed by atoms with Crippen molar-refractivity contribution >= 4 is 17.4 Å². The second kappa shape index (κ2) is 6.50. The van der Waals surface area contributed by atoms with E-state index in [0.29, 0.717) is 31.7 Å². The lowest BCUT2D eigenvalue weighted by Crippen LogP contribution is -2.36. The Balaban J connectivity index is 2.19. The molecule has 1 amide bonds. The minimum absolute atomic E-state index is 0.0554. The lowest BCUT2D eigenvalue weighted by atomic mass is 10.1. The van der Waals surface area contributed by atoms with Gasteiger partial charge in [-0.25, -0.2) is 0 Å². The van der Waals surface area contributed by atoms with Crippen LogP contribution in [0.1, 0.15) is 37.2 Å². The molecule has 20 heavy (non-hydrogen) atoms. The average molecular weight is 275 g/mol. The third-order valence-corrected chi connectivity index (χ3v) is 3.63. The molecule has 0 unspecified atom stereocenters. The van der Waals surface area contributed by atoms with Crippen LogP contribution in [-0.4, -0.2) is 47.8 Å². The molecule has 0 saturated carbocycles. The zero-order chi connectivity index (χ0) is 14.5. The third-order valence-electron chi connectivity index (χ3n) is 3.63. The van der Waals surface area contributed by atoms with Gasteiger partial charge in [-0.2, -0.15) is 0 Å². The summed E-state index contributed by atoms with van der Waals surface area (Å²) in [6.45, 7) is 6.54. The first kappa shape index (κ1) is 14.5. The number of hydrogen-bond acceptors (Lipinski definition) is 4. The van der Waals surface area contributed by atoms with Crippen molar-refractivity contribution in [2.45, 2.75) is 26.7 Å². The number of rotatable bonds is 4. The maximum Gasteiger partial charge on any atom is 0.272 e. The maximum atomic E-state index is 12.3. The number of pyridine rings is 1. The predicted molar refractivity (Wildman–Crippen MR) is 77.9 cm³/mol. The summed E-state index contributed by atoms with van der Waals surface area (Å²) in [7, 11) is 0. The van der Waals surface area contributed by atoms with Crippen LogP contribution in [0, 0.1) is 0 Å². The van der Waals surface area contributed by atoms with E-state index >= 15 is 0 Å². The topological polar surface area (TPSA) is 53.5 Å². The first-order valence-electron chi connectivity index (χ1n) is 7.17. The molecule has 0 atom stereocenters. The van der Waals surface area contributed by atoms with Gasteiger partial charge in [-0.05, 0) is 32.4 Å². The number of aromatic nitrogens is 1. The zero-order valence-corrected chi connectivity index (χ0v) is 12.1. The van der Waals surface area contributed by atoms with Crippen LogP contribution in [0.25, 0.3) is 0 Å². The lowest BCUT2D eigenvalue weighted by molar-refractivity contribution is -0.118. The molecule has 0 spiro atoms. The lowest BCUT2D eigenvalue weighted by Gasteiger charge is -2.28. The molecule has 0 bridgehead atoms. The van der Waals surface area contributed by atoms with Gasteiger partial charge in [0.25, 0.3) is 5.91 Å². The fourth-order valence-corrected chi connectivity index (χ4v) is 2.46. The molecule has 108 valence electrons. The minimum atomic E-state index is -0.0554. The Morgan fingerprint density at radius 1 is 1.40 bits per heavy atom. The van der Waals surface area contributed by atoms with Gasteiger partial charge in [-0.15, -0.1) is 0 Å². The molecular formula is C15H21N3O2. The van der Waals surface area contributed by atoms with Crippen LogP contribution in [0.2, 0.25) is 0 Å². The Kier molecular flexibility index (Phi) is 4.71. The Hall–Kier alpha value is -1.91. The summed E-state index contributed by atoms with van der Waals surface area (Å²) in [4.78, 5) is 31.7. The summed E-state index contributed by atoms with van der Waals surface area (Å²) in [5.74, 6) is 0.199. The van der Waals surface area contributed by atoms with E-state index in [1.54, 1.807) is 17.2 Å². The Morgan fingerprint density at radius 2 is 2.15 bits per heavy atom. The van der Waals surface area contributed by atoms with Crippen molar-refractivity contribution in [2.75, 3.05) is 31.1 Å². The molecule has 2 heterocycles. The summed E-state index contributed by atoms with van der Waals surface area (Å²) >= 11 is 0. The maximum absolute atomic E-state index is 12.3. The van der Waals surface area contributed by atoms with Crippen LogP contribution < -0.4 is 4.90 Å². The molecular weight excluding hydrogens is 254 g/mol. The van der Waals surface area contributed by atoms with Crippen molar-refractivity contribution in [3.8, 4) is 0 Å². The number of carbonyl (C=O) groups excluding carboxylic acids is 2. The summed E-state index contributed by atoms with van der Waals surface area (Å²) in [5.41, 5.74) is 1.35. The first-order valence-corrected chi connectivity index (χ1v) is 7.17. The molecule has 1 fully saturated rings. The number of carbonyl (C=O) groups is 2. The predicted octanol–water partition coefficient (Wildman–Crippen LogP) is 1.73. The normalized spacial score (nSPS) is 15.3. The fourth-order valence-electron chi connectivity index (χ4n) is 2.46. The molecule has 5 nitrogen and oxygen atoms in total. The van der Waals surface area contributed by atoms with E-state index < -0.39 is 0 Å². The van der Waals surface area contributed by atoms with Crippen LogP contribution >= 0.6 is 0 Å². The highest BCUT2D eigenvalue weighted by molar-refractivity contribution is 5.93. The Morgan fingerprint density at radius 3 is 2.80 bits per heavy atom. The van der Waals surface area contributed by atoms with Gasteiger partial charge in [0.15, 0.2) is 5.78 Å². The second-order valence-electron chi connectivity index (χ2n) is 4.94. The second-order valence-corrected chi connectivity index (χ2v) is 4.94. The number of nitrogens with zero attached hydrogens (tertiary/aromatic N) is 3. The zero-order valence-electron chi connectivity index (χ0n) is 12.1. The van der Waals surface area contributed by atoms with Crippen molar-refractivity contribution < 1.29 is 9.59 Å². The Labute approximate surface area is 119 Å². The molecule has 0 N–H and O–H groups in total. The van der Waals surface area contributed by atoms with Gasteiger partial charge in [0.05, 0.1) is 6.54 Å². The molecule has 1 aliphatic heterocycles. The highest BCUT2D eigenvalue weighted by atomic mass is 16.2. The van der Waals surface area contributed by atoms with Crippen LogP contribution in [0.15, 0.2) is 18.3 Å². The third kappa shape index (κ3) is 3.15.